The largest absolute Gasteiger partial charge is 0.573 e. The van der Waals surface area contributed by atoms with E-state index in [1.54, 1.807) is 0 Å². The summed E-state index contributed by atoms with van der Waals surface area (Å²) in [7, 11) is 0. The van der Waals surface area contributed by atoms with Gasteiger partial charge in [0.25, 0.3) is 0 Å². The van der Waals surface area contributed by atoms with Gasteiger partial charge < -0.3 is 15.4 Å². The van der Waals surface area contributed by atoms with Gasteiger partial charge in [-0.15, -0.1) is 13.2 Å². The first-order valence-corrected chi connectivity index (χ1v) is 7.71. The second kappa shape index (κ2) is 7.57. The predicted molar refractivity (Wildman–Crippen MR) is 79.9 cm³/mol. The maximum absolute atomic E-state index is 12.1. The summed E-state index contributed by atoms with van der Waals surface area (Å²) in [6.07, 6.45) is -0.496. The van der Waals surface area contributed by atoms with Gasteiger partial charge in [-0.3, -0.25) is 0 Å². The summed E-state index contributed by atoms with van der Waals surface area (Å²) < 4.78 is 40.0. The van der Waals surface area contributed by atoms with Gasteiger partial charge in [0.15, 0.2) is 0 Å². The molecule has 1 aliphatic rings. The van der Waals surface area contributed by atoms with Gasteiger partial charge in [0, 0.05) is 12.6 Å². The van der Waals surface area contributed by atoms with Crippen molar-refractivity contribution in [2.45, 2.75) is 51.6 Å². The first-order chi connectivity index (χ1) is 10.8. The van der Waals surface area contributed by atoms with Crippen LogP contribution in [-0.2, 0) is 6.54 Å². The molecule has 128 valence electrons. The Morgan fingerprint density at radius 1 is 1.17 bits per heavy atom. The maximum Gasteiger partial charge on any atom is 0.573 e. The number of carbonyl (C=O) groups is 1. The zero-order valence-corrected chi connectivity index (χ0v) is 13.0. The molecule has 0 unspecified atom stereocenters. The second-order valence-corrected chi connectivity index (χ2v) is 5.98. The lowest BCUT2D eigenvalue weighted by Crippen LogP contribution is -2.43. The van der Waals surface area contributed by atoms with E-state index in [2.05, 4.69) is 22.3 Å². The summed E-state index contributed by atoms with van der Waals surface area (Å²) in [6.45, 7) is 2.46. The number of carbonyl (C=O) groups excluding carboxylic acids is 1. The van der Waals surface area contributed by atoms with Crippen molar-refractivity contribution in [2.75, 3.05) is 0 Å². The van der Waals surface area contributed by atoms with Gasteiger partial charge in [-0.2, -0.15) is 0 Å². The highest BCUT2D eigenvalue weighted by Gasteiger charge is 2.30. The van der Waals surface area contributed by atoms with Crippen LogP contribution in [0.2, 0.25) is 0 Å². The number of nitrogens with one attached hydrogen (secondary N) is 2. The molecule has 0 atom stereocenters. The second-order valence-electron chi connectivity index (χ2n) is 5.98. The molecule has 1 aromatic carbocycles. The van der Waals surface area contributed by atoms with E-state index in [0.717, 1.165) is 25.7 Å². The van der Waals surface area contributed by atoms with Crippen LogP contribution in [0.1, 0.15) is 38.2 Å². The fourth-order valence-corrected chi connectivity index (χ4v) is 2.63. The average molecular weight is 330 g/mol. The quantitative estimate of drug-likeness (QED) is 0.878. The molecule has 0 aliphatic heterocycles. The molecule has 0 aromatic heterocycles. The summed E-state index contributed by atoms with van der Waals surface area (Å²) in [5, 5.41) is 5.64. The predicted octanol–water partition coefficient (Wildman–Crippen LogP) is 3.96. The zero-order chi connectivity index (χ0) is 16.9. The van der Waals surface area contributed by atoms with Gasteiger partial charge in [-0.05, 0) is 49.3 Å². The van der Waals surface area contributed by atoms with E-state index in [9.17, 15) is 18.0 Å². The summed E-state index contributed by atoms with van der Waals surface area (Å²) in [4.78, 5) is 11.8. The molecule has 4 nitrogen and oxygen atoms in total. The summed E-state index contributed by atoms with van der Waals surface area (Å²) in [6, 6.07) is 5.39. The van der Waals surface area contributed by atoms with Crippen molar-refractivity contribution in [3.05, 3.63) is 29.8 Å². The van der Waals surface area contributed by atoms with Gasteiger partial charge in [0.2, 0.25) is 0 Å². The van der Waals surface area contributed by atoms with Crippen molar-refractivity contribution in [3.63, 3.8) is 0 Å². The molecule has 0 radical (unpaired) electrons. The molecular weight excluding hydrogens is 309 g/mol. The van der Waals surface area contributed by atoms with Gasteiger partial charge in [-0.25, -0.2) is 4.79 Å². The van der Waals surface area contributed by atoms with Crippen molar-refractivity contribution in [1.29, 1.82) is 0 Å². The highest BCUT2D eigenvalue weighted by atomic mass is 19.4. The Kier molecular flexibility index (Phi) is 5.74. The molecule has 0 bridgehead atoms. The van der Waals surface area contributed by atoms with Gasteiger partial charge in [-0.1, -0.05) is 19.1 Å². The standard InChI is InChI=1S/C16H21F3N2O2/c1-11-2-6-13(7-3-11)21-15(22)20-10-12-4-8-14(9-5-12)23-16(17,18)19/h4-5,8-9,11,13H,2-3,6-7,10H2,1H3,(H2,20,21,22). The van der Waals surface area contributed by atoms with Crippen molar-refractivity contribution >= 4 is 6.03 Å². The molecule has 2 rings (SSSR count). The highest BCUT2D eigenvalue weighted by Crippen LogP contribution is 2.24. The van der Waals surface area contributed by atoms with E-state index >= 15 is 0 Å². The Labute approximate surface area is 133 Å². The third-order valence-electron chi connectivity index (χ3n) is 3.96. The number of halogens is 3. The number of hydrogen-bond acceptors (Lipinski definition) is 2. The van der Waals surface area contributed by atoms with Crippen LogP contribution in [0.15, 0.2) is 24.3 Å². The smallest absolute Gasteiger partial charge is 0.406 e. The molecule has 2 amide bonds. The molecule has 0 saturated heterocycles. The Morgan fingerprint density at radius 2 is 1.78 bits per heavy atom. The molecule has 1 aliphatic carbocycles. The molecule has 0 heterocycles. The average Bonchev–Trinajstić information content (AvgIpc) is 2.47. The van der Waals surface area contributed by atoms with E-state index in [1.807, 2.05) is 0 Å². The van der Waals surface area contributed by atoms with Gasteiger partial charge in [0.1, 0.15) is 5.75 Å². The van der Waals surface area contributed by atoms with Crippen LogP contribution in [0, 0.1) is 5.92 Å². The number of urea groups is 1. The number of benzene rings is 1. The number of amides is 2. The molecule has 7 heteroatoms. The van der Waals surface area contributed by atoms with Crippen molar-refractivity contribution < 1.29 is 22.7 Å². The van der Waals surface area contributed by atoms with Gasteiger partial charge in [0.05, 0.1) is 0 Å². The van der Waals surface area contributed by atoms with E-state index in [4.69, 9.17) is 0 Å². The van der Waals surface area contributed by atoms with E-state index in [0.29, 0.717) is 11.5 Å². The molecule has 1 aromatic rings. The van der Waals surface area contributed by atoms with Crippen LogP contribution in [-0.4, -0.2) is 18.4 Å². The third-order valence-corrected chi connectivity index (χ3v) is 3.96. The fraction of sp³-hybridized carbons (Fsp3) is 0.562. The van der Waals surface area contributed by atoms with Crippen LogP contribution in [0.25, 0.3) is 0 Å². The summed E-state index contributed by atoms with van der Waals surface area (Å²) in [5.74, 6) is 0.440. The number of rotatable bonds is 4. The van der Waals surface area contributed by atoms with Gasteiger partial charge >= 0.3 is 12.4 Å². The molecular formula is C16H21F3N2O2. The lowest BCUT2D eigenvalue weighted by atomic mass is 9.87. The lowest BCUT2D eigenvalue weighted by molar-refractivity contribution is -0.274. The molecule has 1 fully saturated rings. The number of alkyl halides is 3. The monoisotopic (exact) mass is 330 g/mol. The minimum Gasteiger partial charge on any atom is -0.406 e. The zero-order valence-electron chi connectivity index (χ0n) is 13.0. The van der Waals surface area contributed by atoms with Crippen LogP contribution in [0.3, 0.4) is 0 Å². The van der Waals surface area contributed by atoms with Crippen molar-refractivity contribution in [3.8, 4) is 5.75 Å². The Bertz CT molecular complexity index is 509. The van der Waals surface area contributed by atoms with Crippen LogP contribution >= 0.6 is 0 Å². The molecule has 2 N–H and O–H groups in total. The minimum atomic E-state index is -4.70. The van der Waals surface area contributed by atoms with E-state index in [-0.39, 0.29) is 24.4 Å². The highest BCUT2D eigenvalue weighted by molar-refractivity contribution is 5.74. The maximum atomic E-state index is 12.1. The normalized spacial score (nSPS) is 21.6. The van der Waals surface area contributed by atoms with Crippen molar-refractivity contribution in [1.82, 2.24) is 10.6 Å². The van der Waals surface area contributed by atoms with E-state index < -0.39 is 6.36 Å². The first-order valence-electron chi connectivity index (χ1n) is 7.71. The fourth-order valence-electron chi connectivity index (χ4n) is 2.63. The first kappa shape index (κ1) is 17.4. The van der Waals surface area contributed by atoms with E-state index in [1.165, 1.54) is 24.3 Å². The van der Waals surface area contributed by atoms with Crippen LogP contribution in [0.4, 0.5) is 18.0 Å². The molecule has 1 saturated carbocycles. The molecule has 23 heavy (non-hydrogen) atoms. The number of ether oxygens (including phenoxy) is 1. The Balaban J connectivity index is 1.73. The SMILES string of the molecule is CC1CCC(NC(=O)NCc2ccc(OC(F)(F)F)cc2)CC1. The topological polar surface area (TPSA) is 50.4 Å². The van der Waals surface area contributed by atoms with Crippen molar-refractivity contribution in [2.24, 2.45) is 5.92 Å². The Hall–Kier alpha value is -1.92. The number of hydrogen-bond donors (Lipinski definition) is 2. The third kappa shape index (κ3) is 6.38. The summed E-state index contributed by atoms with van der Waals surface area (Å²) in [5.41, 5.74) is 0.701. The van der Waals surface area contributed by atoms with Crippen LogP contribution in [0.5, 0.6) is 5.75 Å². The van der Waals surface area contributed by atoms with Crippen LogP contribution < -0.4 is 15.4 Å². The summed E-state index contributed by atoms with van der Waals surface area (Å²) >= 11 is 0. The Morgan fingerprint density at radius 3 is 2.35 bits per heavy atom. The lowest BCUT2D eigenvalue weighted by Gasteiger charge is -2.26. The molecule has 0 spiro atoms. The minimum absolute atomic E-state index is 0.203.